The molecule has 7 nitrogen and oxygen atoms in total. The zero-order chi connectivity index (χ0) is 24.0. The maximum absolute atomic E-state index is 12.1. The highest BCUT2D eigenvalue weighted by molar-refractivity contribution is 5.75. The van der Waals surface area contributed by atoms with Crippen LogP contribution in [0.15, 0.2) is 0 Å². The number of carbonyl (C=O) groups excluding carboxylic acids is 2. The van der Waals surface area contributed by atoms with Gasteiger partial charge in [-0.1, -0.05) is 20.8 Å². The third kappa shape index (κ3) is 4.23. The van der Waals surface area contributed by atoms with Crippen LogP contribution >= 0.6 is 0 Å². The maximum Gasteiger partial charge on any atom is 0.294 e. The number of aliphatic hydroxyl groups excluding tert-OH is 3. The van der Waals surface area contributed by atoms with Crippen molar-refractivity contribution in [1.29, 1.82) is 0 Å². The van der Waals surface area contributed by atoms with Crippen LogP contribution in [0.4, 0.5) is 0 Å². The Kier molecular flexibility index (Phi) is 7.15. The molecule has 0 aromatic heterocycles. The molecule has 188 valence electrons. The Morgan fingerprint density at radius 3 is 2.61 bits per heavy atom. The number of nitrogens with one attached hydrogen (secondary N) is 1. The van der Waals surface area contributed by atoms with Crippen LogP contribution in [0, 0.1) is 46.3 Å². The predicted molar refractivity (Wildman–Crippen MR) is 123 cm³/mol. The second-order valence-electron chi connectivity index (χ2n) is 12.0. The van der Waals surface area contributed by atoms with E-state index in [1.165, 1.54) is 0 Å². The zero-order valence-corrected chi connectivity index (χ0v) is 20.4. The topological polar surface area (TPSA) is 116 Å². The first-order valence-corrected chi connectivity index (χ1v) is 13.0. The Hall–Kier alpha value is -1.18. The smallest absolute Gasteiger partial charge is 0.294 e. The number of ether oxygens (including phenoxy) is 1. The van der Waals surface area contributed by atoms with Crippen molar-refractivity contribution in [3.63, 3.8) is 0 Å². The Labute approximate surface area is 197 Å². The molecule has 0 saturated heterocycles. The molecule has 4 aliphatic rings. The zero-order valence-electron chi connectivity index (χ0n) is 20.4. The van der Waals surface area contributed by atoms with Crippen LogP contribution in [-0.4, -0.2) is 52.7 Å². The van der Waals surface area contributed by atoms with Crippen LogP contribution in [0.1, 0.15) is 78.6 Å². The molecule has 0 spiro atoms. The van der Waals surface area contributed by atoms with Gasteiger partial charge in [-0.15, -0.1) is 0 Å². The molecule has 0 aromatic rings. The summed E-state index contributed by atoms with van der Waals surface area (Å²) in [4.78, 5) is 22.3. The quantitative estimate of drug-likeness (QED) is 0.261. The summed E-state index contributed by atoms with van der Waals surface area (Å²) in [5, 5.41) is 35.8. The molecule has 4 aliphatic carbocycles. The monoisotopic (exact) mass is 465 g/mol. The van der Waals surface area contributed by atoms with Crippen molar-refractivity contribution in [3.8, 4) is 0 Å². The molecule has 0 radical (unpaired) electrons. The van der Waals surface area contributed by atoms with Crippen LogP contribution in [0.25, 0.3) is 0 Å². The number of hydrogen-bond acceptors (Lipinski definition) is 6. The molecular formula is C26H43NO6. The molecule has 0 aliphatic heterocycles. The van der Waals surface area contributed by atoms with E-state index in [-0.39, 0.29) is 53.4 Å². The van der Waals surface area contributed by atoms with E-state index in [0.717, 1.165) is 51.4 Å². The molecule has 4 fully saturated rings. The van der Waals surface area contributed by atoms with E-state index in [0.29, 0.717) is 30.6 Å². The van der Waals surface area contributed by atoms with E-state index < -0.39 is 6.10 Å². The van der Waals surface area contributed by atoms with Crippen molar-refractivity contribution in [3.05, 3.63) is 0 Å². The standard InChI is InChI=1S/C26H43NO6/c1-15(4-7-23(32)27-13-33-14-28)18-5-6-19-24-20(12-22(31)26(18,19)3)25(2)9-8-17(29)10-16(25)11-21(24)30/h14-22,24,29-31H,4-13H2,1-3H3,(H,27,32)/t15?,16-,17+,18+,19?,20?,21?,22-,24?,25-,26+/m0/s1. The highest BCUT2D eigenvalue weighted by Gasteiger charge is 2.65. The lowest BCUT2D eigenvalue weighted by Crippen LogP contribution is -2.62. The predicted octanol–water partition coefficient (Wildman–Crippen LogP) is 2.61. The van der Waals surface area contributed by atoms with Gasteiger partial charge in [-0.3, -0.25) is 9.59 Å². The Balaban J connectivity index is 1.48. The van der Waals surface area contributed by atoms with Crippen molar-refractivity contribution < 1.29 is 29.6 Å². The van der Waals surface area contributed by atoms with E-state index in [2.05, 4.69) is 30.8 Å². The lowest BCUT2D eigenvalue weighted by atomic mass is 9.43. The Bertz CT molecular complexity index is 732. The lowest BCUT2D eigenvalue weighted by molar-refractivity contribution is -0.207. The van der Waals surface area contributed by atoms with E-state index in [1.807, 2.05) is 0 Å². The van der Waals surface area contributed by atoms with Gasteiger partial charge in [-0.05, 0) is 97.7 Å². The molecule has 1 amide bonds. The van der Waals surface area contributed by atoms with Gasteiger partial charge in [0.1, 0.15) is 0 Å². The van der Waals surface area contributed by atoms with Gasteiger partial charge in [-0.2, -0.15) is 0 Å². The Morgan fingerprint density at radius 2 is 1.88 bits per heavy atom. The summed E-state index contributed by atoms with van der Waals surface area (Å²) in [5.41, 5.74) is -0.174. The van der Waals surface area contributed by atoms with Gasteiger partial charge < -0.3 is 25.4 Å². The van der Waals surface area contributed by atoms with Gasteiger partial charge in [0.05, 0.1) is 18.3 Å². The number of carbonyl (C=O) groups is 2. The fourth-order valence-corrected chi connectivity index (χ4v) is 8.94. The summed E-state index contributed by atoms with van der Waals surface area (Å²) in [6.07, 6.45) is 6.15. The summed E-state index contributed by atoms with van der Waals surface area (Å²) < 4.78 is 4.54. The minimum Gasteiger partial charge on any atom is -0.447 e. The fourth-order valence-electron chi connectivity index (χ4n) is 8.94. The second kappa shape index (κ2) is 9.46. The normalized spacial score (nSPS) is 47.6. The largest absolute Gasteiger partial charge is 0.447 e. The van der Waals surface area contributed by atoms with E-state index in [1.54, 1.807) is 0 Å². The molecule has 0 heterocycles. The summed E-state index contributed by atoms with van der Waals surface area (Å²) in [6.45, 7) is 6.98. The molecule has 0 bridgehead atoms. The fraction of sp³-hybridized carbons (Fsp3) is 0.923. The first kappa shape index (κ1) is 24.9. The molecule has 4 N–H and O–H groups in total. The average Bonchev–Trinajstić information content (AvgIpc) is 3.13. The van der Waals surface area contributed by atoms with Crippen LogP contribution in [0.2, 0.25) is 0 Å². The number of amides is 1. The molecule has 7 heteroatoms. The van der Waals surface area contributed by atoms with Crippen molar-refractivity contribution in [2.45, 2.75) is 96.9 Å². The minimum atomic E-state index is -0.414. The molecule has 5 unspecified atom stereocenters. The van der Waals surface area contributed by atoms with Gasteiger partial charge >= 0.3 is 0 Å². The number of aliphatic hydroxyl groups is 3. The lowest BCUT2D eigenvalue weighted by Gasteiger charge is -2.63. The second-order valence-corrected chi connectivity index (χ2v) is 12.0. The summed E-state index contributed by atoms with van der Waals surface area (Å²) >= 11 is 0. The van der Waals surface area contributed by atoms with E-state index in [9.17, 15) is 24.9 Å². The van der Waals surface area contributed by atoms with Gasteiger partial charge in [0, 0.05) is 6.42 Å². The number of hydrogen-bond donors (Lipinski definition) is 4. The van der Waals surface area contributed by atoms with Crippen LogP contribution in [0.5, 0.6) is 0 Å². The third-order valence-corrected chi connectivity index (χ3v) is 10.8. The van der Waals surface area contributed by atoms with Crippen molar-refractivity contribution >= 4 is 12.4 Å². The third-order valence-electron chi connectivity index (χ3n) is 10.8. The van der Waals surface area contributed by atoms with Gasteiger partial charge in [-0.25, -0.2) is 0 Å². The average molecular weight is 466 g/mol. The summed E-state index contributed by atoms with van der Waals surface area (Å²) in [5.74, 6) is 1.57. The van der Waals surface area contributed by atoms with E-state index >= 15 is 0 Å². The minimum absolute atomic E-state index is 0.0802. The Morgan fingerprint density at radius 1 is 1.12 bits per heavy atom. The number of rotatable bonds is 7. The van der Waals surface area contributed by atoms with Crippen molar-refractivity contribution in [2.24, 2.45) is 46.3 Å². The van der Waals surface area contributed by atoms with E-state index in [4.69, 9.17) is 0 Å². The van der Waals surface area contributed by atoms with Crippen molar-refractivity contribution in [1.82, 2.24) is 5.32 Å². The SMILES string of the molecule is CC(CCC(=O)NCOC=O)[C@H]1CCC2C3C(O)C[C@@H]4C[C@H](O)CC[C@]4(C)C3C[C@H](O)[C@@]21C. The maximum atomic E-state index is 12.1. The van der Waals surface area contributed by atoms with Crippen LogP contribution < -0.4 is 5.32 Å². The number of fused-ring (bicyclic) bond motifs is 5. The first-order valence-electron chi connectivity index (χ1n) is 13.0. The molecule has 0 aromatic carbocycles. The van der Waals surface area contributed by atoms with Crippen LogP contribution in [-0.2, 0) is 14.3 Å². The summed E-state index contributed by atoms with van der Waals surface area (Å²) in [7, 11) is 0. The van der Waals surface area contributed by atoms with Gasteiger partial charge in [0.2, 0.25) is 5.91 Å². The van der Waals surface area contributed by atoms with Gasteiger partial charge in [0.25, 0.3) is 6.47 Å². The first-order chi connectivity index (χ1) is 15.6. The molecule has 4 rings (SSSR count). The summed E-state index contributed by atoms with van der Waals surface area (Å²) in [6, 6.07) is 0. The molecular weight excluding hydrogens is 422 g/mol. The van der Waals surface area contributed by atoms with Gasteiger partial charge in [0.15, 0.2) is 6.73 Å². The highest BCUT2D eigenvalue weighted by atomic mass is 16.5. The molecule has 4 saturated carbocycles. The molecule has 33 heavy (non-hydrogen) atoms. The van der Waals surface area contributed by atoms with Crippen molar-refractivity contribution in [2.75, 3.05) is 6.73 Å². The van der Waals surface area contributed by atoms with Crippen LogP contribution in [0.3, 0.4) is 0 Å². The highest BCUT2D eigenvalue weighted by Crippen LogP contribution is 2.68. The molecule has 11 atom stereocenters.